The summed E-state index contributed by atoms with van der Waals surface area (Å²) in [5.74, 6) is 0.573. The molecule has 88 valence electrons. The van der Waals surface area contributed by atoms with Gasteiger partial charge in [0.2, 0.25) is 6.33 Å². The maximum absolute atomic E-state index is 8.35. The van der Waals surface area contributed by atoms with Crippen LogP contribution in [0.2, 0.25) is 0 Å². The van der Waals surface area contributed by atoms with Crippen LogP contribution in [-0.4, -0.2) is 4.57 Å². The van der Waals surface area contributed by atoms with Crippen molar-refractivity contribution in [2.24, 2.45) is 7.05 Å². The number of rotatable bonds is 3. The Bertz CT molecular complexity index is 513. The van der Waals surface area contributed by atoms with E-state index in [0.717, 1.165) is 6.54 Å². The number of hydrogen-bond donors (Lipinski definition) is 0. The van der Waals surface area contributed by atoms with E-state index in [4.69, 9.17) is 10.00 Å². The van der Waals surface area contributed by atoms with Crippen molar-refractivity contribution >= 4 is 0 Å². The molecule has 0 aliphatic heterocycles. The van der Waals surface area contributed by atoms with Crippen LogP contribution in [0.3, 0.4) is 0 Å². The monoisotopic (exact) mass is 249 g/mol. The summed E-state index contributed by atoms with van der Waals surface area (Å²) >= 11 is 0. The molecule has 0 radical (unpaired) electrons. The number of benzene rings is 1. The molecule has 1 aromatic heterocycles. The van der Waals surface area contributed by atoms with Crippen LogP contribution in [0.1, 0.15) is 5.56 Å². The fourth-order valence-corrected chi connectivity index (χ4v) is 1.52. The molecule has 0 bridgehead atoms. The van der Waals surface area contributed by atoms with Gasteiger partial charge in [-0.2, -0.15) is 0 Å². The van der Waals surface area contributed by atoms with Crippen molar-refractivity contribution in [3.8, 4) is 12.0 Å². The second-order valence-corrected chi connectivity index (χ2v) is 3.59. The molecule has 0 spiro atoms. The van der Waals surface area contributed by atoms with Gasteiger partial charge in [-0.15, -0.1) is 5.26 Å². The van der Waals surface area contributed by atoms with Crippen molar-refractivity contribution in [3.05, 3.63) is 48.5 Å². The minimum atomic E-state index is 0. The molecule has 0 N–H and O–H groups in total. The fraction of sp³-hybridized carbons (Fsp3) is 0.167. The summed E-state index contributed by atoms with van der Waals surface area (Å²) in [6.45, 7) is 0.813. The van der Waals surface area contributed by atoms with E-state index in [-0.39, 0.29) is 12.4 Å². The van der Waals surface area contributed by atoms with Crippen molar-refractivity contribution in [2.45, 2.75) is 6.54 Å². The SMILES string of the molecule is Cn1cc[n+](Cc2ccc(OC#N)cc2)c1.[Cl-]. The zero-order valence-corrected chi connectivity index (χ0v) is 10.1. The molecule has 1 heterocycles. The molecule has 4 nitrogen and oxygen atoms in total. The van der Waals surface area contributed by atoms with Gasteiger partial charge in [0.05, 0.1) is 7.05 Å². The van der Waals surface area contributed by atoms with Gasteiger partial charge in [0.1, 0.15) is 24.7 Å². The number of halogens is 1. The van der Waals surface area contributed by atoms with Gasteiger partial charge in [-0.25, -0.2) is 9.13 Å². The Morgan fingerprint density at radius 3 is 2.59 bits per heavy atom. The first-order valence-corrected chi connectivity index (χ1v) is 4.94. The lowest BCUT2D eigenvalue weighted by molar-refractivity contribution is -0.687. The lowest BCUT2D eigenvalue weighted by Crippen LogP contribution is -3.00. The van der Waals surface area contributed by atoms with E-state index in [1.54, 1.807) is 18.4 Å². The largest absolute Gasteiger partial charge is 1.00 e. The van der Waals surface area contributed by atoms with Crippen molar-refractivity contribution in [2.75, 3.05) is 0 Å². The Morgan fingerprint density at radius 2 is 2.06 bits per heavy atom. The number of aryl methyl sites for hydroxylation is 1. The summed E-state index contributed by atoms with van der Waals surface area (Å²) in [5.41, 5.74) is 1.17. The average Bonchev–Trinajstić information content (AvgIpc) is 2.67. The van der Waals surface area contributed by atoms with Gasteiger partial charge in [-0.05, 0) is 17.7 Å². The van der Waals surface area contributed by atoms with Gasteiger partial charge in [0.25, 0.3) is 6.26 Å². The number of nitriles is 1. The van der Waals surface area contributed by atoms with Crippen LogP contribution >= 0.6 is 0 Å². The van der Waals surface area contributed by atoms with E-state index < -0.39 is 0 Å². The second kappa shape index (κ2) is 5.92. The average molecular weight is 250 g/mol. The molecule has 2 aromatic rings. The van der Waals surface area contributed by atoms with Gasteiger partial charge in [-0.1, -0.05) is 12.1 Å². The molecule has 1 aromatic carbocycles. The number of ether oxygens (including phenoxy) is 1. The van der Waals surface area contributed by atoms with Crippen molar-refractivity contribution in [3.63, 3.8) is 0 Å². The summed E-state index contributed by atoms with van der Waals surface area (Å²) in [7, 11) is 1.99. The molecule has 0 aliphatic rings. The van der Waals surface area contributed by atoms with Crippen LogP contribution in [0.15, 0.2) is 43.0 Å². The highest BCUT2D eigenvalue weighted by molar-refractivity contribution is 5.27. The highest BCUT2D eigenvalue weighted by atomic mass is 35.5. The van der Waals surface area contributed by atoms with Gasteiger partial charge in [0.15, 0.2) is 0 Å². The van der Waals surface area contributed by atoms with Crippen molar-refractivity contribution in [1.29, 1.82) is 5.26 Å². The van der Waals surface area contributed by atoms with E-state index >= 15 is 0 Å². The van der Waals surface area contributed by atoms with E-state index in [1.165, 1.54) is 5.56 Å². The molecule has 0 saturated heterocycles. The van der Waals surface area contributed by atoms with Crippen LogP contribution in [0.5, 0.6) is 5.75 Å². The van der Waals surface area contributed by atoms with Gasteiger partial charge in [0, 0.05) is 0 Å². The summed E-state index contributed by atoms with van der Waals surface area (Å²) < 4.78 is 8.79. The Hall–Kier alpha value is -1.99. The zero-order valence-electron chi connectivity index (χ0n) is 9.38. The first kappa shape index (κ1) is 13.1. The topological polar surface area (TPSA) is 41.8 Å². The molecular formula is C12H12ClN3O. The van der Waals surface area contributed by atoms with Crippen LogP contribution < -0.4 is 21.7 Å². The minimum absolute atomic E-state index is 0. The van der Waals surface area contributed by atoms with Crippen molar-refractivity contribution < 1.29 is 21.7 Å². The molecule has 17 heavy (non-hydrogen) atoms. The van der Waals surface area contributed by atoms with Crippen LogP contribution in [0, 0.1) is 11.5 Å². The number of hydrogen-bond acceptors (Lipinski definition) is 2. The molecule has 0 amide bonds. The molecule has 0 fully saturated rings. The minimum Gasteiger partial charge on any atom is -1.00 e. The van der Waals surface area contributed by atoms with E-state index in [2.05, 4.69) is 4.57 Å². The molecule has 5 heteroatoms. The lowest BCUT2D eigenvalue weighted by Gasteiger charge is -1.99. The lowest BCUT2D eigenvalue weighted by atomic mass is 10.2. The highest BCUT2D eigenvalue weighted by Gasteiger charge is 2.02. The number of nitrogens with zero attached hydrogens (tertiary/aromatic N) is 3. The van der Waals surface area contributed by atoms with Crippen LogP contribution in [-0.2, 0) is 13.6 Å². The second-order valence-electron chi connectivity index (χ2n) is 3.59. The third-order valence-electron chi connectivity index (χ3n) is 2.28. The highest BCUT2D eigenvalue weighted by Crippen LogP contribution is 2.11. The Balaban J connectivity index is 0.00000144. The van der Waals surface area contributed by atoms with Gasteiger partial charge >= 0.3 is 0 Å². The summed E-state index contributed by atoms with van der Waals surface area (Å²) in [6, 6.07) is 7.49. The summed E-state index contributed by atoms with van der Waals surface area (Å²) in [4.78, 5) is 0. The number of imidazole rings is 1. The van der Waals surface area contributed by atoms with Crippen LogP contribution in [0.4, 0.5) is 0 Å². The molecule has 0 unspecified atom stereocenters. The first-order valence-electron chi connectivity index (χ1n) is 4.94. The zero-order chi connectivity index (χ0) is 11.4. The summed E-state index contributed by atoms with van der Waals surface area (Å²) in [5, 5.41) is 8.35. The molecule has 2 rings (SSSR count). The molecule has 0 saturated carbocycles. The quantitative estimate of drug-likeness (QED) is 0.477. The molecule has 0 aliphatic carbocycles. The maximum atomic E-state index is 8.35. The third kappa shape index (κ3) is 3.51. The Kier molecular flexibility index (Phi) is 4.56. The Morgan fingerprint density at radius 1 is 1.35 bits per heavy atom. The fourth-order valence-electron chi connectivity index (χ4n) is 1.52. The summed E-state index contributed by atoms with van der Waals surface area (Å²) in [6.07, 6.45) is 7.67. The van der Waals surface area contributed by atoms with Crippen LogP contribution in [0.25, 0.3) is 0 Å². The Labute approximate surface area is 106 Å². The molecule has 0 atom stereocenters. The number of aromatic nitrogens is 2. The normalized spacial score (nSPS) is 9.18. The predicted octanol–water partition coefficient (Wildman–Crippen LogP) is -1.78. The third-order valence-corrected chi connectivity index (χ3v) is 2.28. The van der Waals surface area contributed by atoms with E-state index in [1.807, 2.05) is 42.5 Å². The van der Waals surface area contributed by atoms with Gasteiger partial charge in [-0.3, -0.25) is 0 Å². The van der Waals surface area contributed by atoms with E-state index in [9.17, 15) is 0 Å². The molecular weight excluding hydrogens is 238 g/mol. The standard InChI is InChI=1S/C12H12N3O.ClH/c1-14-6-7-15(10-14)8-11-2-4-12(5-3-11)16-9-13;/h2-7,10H,8H2,1H3;1H/q+1;/p-1. The smallest absolute Gasteiger partial charge is 0.292 e. The first-order chi connectivity index (χ1) is 7.78. The van der Waals surface area contributed by atoms with Gasteiger partial charge < -0.3 is 17.1 Å². The predicted molar refractivity (Wildman–Crippen MR) is 57.4 cm³/mol. The van der Waals surface area contributed by atoms with Crippen molar-refractivity contribution in [1.82, 2.24) is 4.57 Å². The van der Waals surface area contributed by atoms with E-state index in [0.29, 0.717) is 5.75 Å². The maximum Gasteiger partial charge on any atom is 0.292 e.